The topological polar surface area (TPSA) is 91.2 Å². The quantitative estimate of drug-likeness (QED) is 0.300. The van der Waals surface area contributed by atoms with Crippen LogP contribution in [0.25, 0.3) is 5.69 Å². The van der Waals surface area contributed by atoms with Crippen LogP contribution in [0.1, 0.15) is 42.5 Å². The molecule has 47 heavy (non-hydrogen) atoms. The lowest BCUT2D eigenvalue weighted by Crippen LogP contribution is -2.49. The van der Waals surface area contributed by atoms with E-state index in [1.54, 1.807) is 43.3 Å². The van der Waals surface area contributed by atoms with E-state index in [4.69, 9.17) is 4.74 Å². The molecule has 6 rings (SSSR count). The standard InChI is InChI=1S/C34H33F3N6O4/c1-39(2)31(44)22-9-11-24(12-10-22)42-16-15-26-29(33(42)46)43(38-30(26)34(35,36)37)28-14-13-25(47-3)21-27(28)32(45)41-19-17-40(18-20-41)23-7-5-4-6-8-23/h4-14,21H,15-20H2,1-3H3. The molecule has 10 nitrogen and oxygen atoms in total. The van der Waals surface area contributed by atoms with Crippen LogP contribution in [0.4, 0.5) is 24.5 Å². The summed E-state index contributed by atoms with van der Waals surface area (Å²) in [6, 6.07) is 20.5. The van der Waals surface area contributed by atoms with Crippen LogP contribution in [-0.4, -0.2) is 91.2 Å². The first-order valence-corrected chi connectivity index (χ1v) is 15.1. The molecule has 0 radical (unpaired) electrons. The molecule has 244 valence electrons. The van der Waals surface area contributed by atoms with Crippen molar-refractivity contribution in [1.29, 1.82) is 0 Å². The lowest BCUT2D eigenvalue weighted by Gasteiger charge is -2.36. The van der Waals surface area contributed by atoms with Crippen molar-refractivity contribution in [2.24, 2.45) is 0 Å². The van der Waals surface area contributed by atoms with E-state index in [1.807, 2.05) is 30.3 Å². The number of methoxy groups -OCH3 is 1. The number of hydrogen-bond acceptors (Lipinski definition) is 6. The van der Waals surface area contributed by atoms with Gasteiger partial charge in [0.2, 0.25) is 0 Å². The Balaban J connectivity index is 1.37. The van der Waals surface area contributed by atoms with E-state index in [2.05, 4.69) is 10.00 Å². The number of alkyl halides is 3. The van der Waals surface area contributed by atoms with Gasteiger partial charge >= 0.3 is 6.18 Å². The number of amides is 3. The van der Waals surface area contributed by atoms with Gasteiger partial charge in [-0.3, -0.25) is 14.4 Å². The lowest BCUT2D eigenvalue weighted by molar-refractivity contribution is -0.141. The van der Waals surface area contributed by atoms with E-state index in [1.165, 1.54) is 35.1 Å². The largest absolute Gasteiger partial charge is 0.497 e. The first kappa shape index (κ1) is 31.6. The van der Waals surface area contributed by atoms with Gasteiger partial charge in [0.25, 0.3) is 17.7 Å². The van der Waals surface area contributed by atoms with Crippen LogP contribution in [-0.2, 0) is 12.6 Å². The average molecular weight is 647 g/mol. The zero-order chi connectivity index (χ0) is 33.5. The fourth-order valence-electron chi connectivity index (χ4n) is 6.03. The number of aromatic nitrogens is 2. The van der Waals surface area contributed by atoms with Crippen molar-refractivity contribution in [2.45, 2.75) is 12.6 Å². The Bertz CT molecular complexity index is 1810. The van der Waals surface area contributed by atoms with Crippen LogP contribution >= 0.6 is 0 Å². The number of piperazine rings is 1. The van der Waals surface area contributed by atoms with Gasteiger partial charge in [-0.2, -0.15) is 18.3 Å². The minimum Gasteiger partial charge on any atom is -0.497 e. The summed E-state index contributed by atoms with van der Waals surface area (Å²) in [5.74, 6) is -1.01. The highest BCUT2D eigenvalue weighted by Gasteiger charge is 2.44. The van der Waals surface area contributed by atoms with Gasteiger partial charge in [0, 0.05) is 69.3 Å². The SMILES string of the molecule is COc1ccc(-n2nc(C(F)(F)F)c3c2C(=O)N(c2ccc(C(=O)N(C)C)cc2)CC3)c(C(=O)N2CCN(c3ccccc3)CC2)c1. The second-order valence-electron chi connectivity index (χ2n) is 11.5. The smallest absolute Gasteiger partial charge is 0.435 e. The van der Waals surface area contributed by atoms with Crippen molar-refractivity contribution in [3.05, 3.63) is 101 Å². The Morgan fingerprint density at radius 2 is 1.55 bits per heavy atom. The van der Waals surface area contributed by atoms with Crippen molar-refractivity contribution < 1.29 is 32.3 Å². The Labute approximate surface area is 269 Å². The minimum atomic E-state index is -4.84. The van der Waals surface area contributed by atoms with Gasteiger partial charge in [0.1, 0.15) is 11.4 Å². The van der Waals surface area contributed by atoms with E-state index < -0.39 is 23.7 Å². The van der Waals surface area contributed by atoms with E-state index in [0.717, 1.165) is 10.4 Å². The number of rotatable bonds is 6. The highest BCUT2D eigenvalue weighted by molar-refractivity contribution is 6.08. The number of halogens is 3. The number of fused-ring (bicyclic) bond motifs is 1. The van der Waals surface area contributed by atoms with Crippen LogP contribution in [0, 0.1) is 0 Å². The van der Waals surface area contributed by atoms with Gasteiger partial charge < -0.3 is 24.3 Å². The van der Waals surface area contributed by atoms with Crippen molar-refractivity contribution in [2.75, 3.05) is 63.7 Å². The van der Waals surface area contributed by atoms with Gasteiger partial charge in [-0.1, -0.05) is 18.2 Å². The Morgan fingerprint density at radius 3 is 2.17 bits per heavy atom. The number of benzene rings is 3. The maximum atomic E-state index is 14.3. The van der Waals surface area contributed by atoms with Crippen molar-refractivity contribution >= 4 is 29.1 Å². The summed E-state index contributed by atoms with van der Waals surface area (Å²) in [5, 5.41) is 3.94. The monoisotopic (exact) mass is 646 g/mol. The molecule has 0 N–H and O–H groups in total. The molecular weight excluding hydrogens is 613 g/mol. The second-order valence-corrected chi connectivity index (χ2v) is 11.5. The van der Waals surface area contributed by atoms with Crippen molar-refractivity contribution in [1.82, 2.24) is 19.6 Å². The third kappa shape index (κ3) is 6.00. The Kier molecular flexibility index (Phi) is 8.39. The maximum Gasteiger partial charge on any atom is 0.435 e. The third-order valence-corrected chi connectivity index (χ3v) is 8.47. The highest BCUT2D eigenvalue weighted by atomic mass is 19.4. The number of hydrogen-bond donors (Lipinski definition) is 0. The third-order valence-electron chi connectivity index (χ3n) is 8.47. The molecule has 0 unspecified atom stereocenters. The minimum absolute atomic E-state index is 0.0261. The summed E-state index contributed by atoms with van der Waals surface area (Å²) in [4.78, 5) is 47.0. The molecule has 1 fully saturated rings. The van der Waals surface area contributed by atoms with Gasteiger partial charge in [0.05, 0.1) is 18.4 Å². The van der Waals surface area contributed by atoms with Gasteiger partial charge in [-0.15, -0.1) is 0 Å². The highest BCUT2D eigenvalue weighted by Crippen LogP contribution is 2.38. The Morgan fingerprint density at radius 1 is 0.872 bits per heavy atom. The fourth-order valence-corrected chi connectivity index (χ4v) is 6.03. The number of nitrogens with zero attached hydrogens (tertiary/aromatic N) is 6. The molecule has 0 bridgehead atoms. The summed E-state index contributed by atoms with van der Waals surface area (Å²) < 4.78 is 49.4. The molecule has 0 saturated carbocycles. The maximum absolute atomic E-state index is 14.3. The second kappa shape index (κ2) is 12.5. The van der Waals surface area contributed by atoms with Crippen LogP contribution in [0.2, 0.25) is 0 Å². The summed E-state index contributed by atoms with van der Waals surface area (Å²) >= 11 is 0. The number of para-hydroxylation sites is 1. The molecule has 0 spiro atoms. The number of anilines is 2. The van der Waals surface area contributed by atoms with E-state index in [-0.39, 0.29) is 41.4 Å². The number of ether oxygens (including phenoxy) is 1. The van der Waals surface area contributed by atoms with Crippen LogP contribution < -0.4 is 14.5 Å². The van der Waals surface area contributed by atoms with E-state index >= 15 is 0 Å². The van der Waals surface area contributed by atoms with E-state index in [9.17, 15) is 27.6 Å². The summed E-state index contributed by atoms with van der Waals surface area (Å²) in [6.45, 7) is 1.87. The summed E-state index contributed by atoms with van der Waals surface area (Å²) in [5.41, 5.74) is 0.278. The molecule has 0 aliphatic carbocycles. The van der Waals surface area contributed by atoms with Gasteiger partial charge in [-0.05, 0) is 61.0 Å². The fraction of sp³-hybridized carbons (Fsp3) is 0.294. The zero-order valence-electron chi connectivity index (χ0n) is 26.1. The summed E-state index contributed by atoms with van der Waals surface area (Å²) in [6.07, 6.45) is -4.95. The lowest BCUT2D eigenvalue weighted by atomic mass is 10.0. The molecule has 3 amide bonds. The zero-order valence-corrected chi connectivity index (χ0v) is 26.1. The molecule has 4 aromatic rings. The molecule has 0 atom stereocenters. The first-order valence-electron chi connectivity index (χ1n) is 15.1. The molecule has 3 heterocycles. The predicted octanol–water partition coefficient (Wildman–Crippen LogP) is 4.77. The molecule has 3 aromatic carbocycles. The predicted molar refractivity (Wildman–Crippen MR) is 170 cm³/mol. The normalized spacial score (nSPS) is 15.0. The molecule has 2 aliphatic heterocycles. The number of carbonyl (C=O) groups is 3. The van der Waals surface area contributed by atoms with Crippen molar-refractivity contribution in [3.63, 3.8) is 0 Å². The van der Waals surface area contributed by atoms with Crippen LogP contribution in [0.15, 0.2) is 72.8 Å². The summed E-state index contributed by atoms with van der Waals surface area (Å²) in [7, 11) is 4.67. The molecule has 13 heteroatoms. The van der Waals surface area contributed by atoms with Gasteiger partial charge in [-0.25, -0.2) is 4.68 Å². The average Bonchev–Trinajstić information content (AvgIpc) is 3.49. The van der Waals surface area contributed by atoms with Gasteiger partial charge in [0.15, 0.2) is 5.69 Å². The Hall–Kier alpha value is -5.33. The van der Waals surface area contributed by atoms with Crippen molar-refractivity contribution in [3.8, 4) is 11.4 Å². The first-order chi connectivity index (χ1) is 22.5. The molecule has 2 aliphatic rings. The molecule has 1 saturated heterocycles. The van der Waals surface area contributed by atoms with Crippen LogP contribution in [0.3, 0.4) is 0 Å². The molecule has 1 aromatic heterocycles. The molecular formula is C34H33F3N6O4. The van der Waals surface area contributed by atoms with E-state index in [0.29, 0.717) is 43.2 Å². The van der Waals surface area contributed by atoms with Crippen LogP contribution in [0.5, 0.6) is 5.75 Å². The number of carbonyl (C=O) groups excluding carboxylic acids is 3.